The number of alkyl halides is 3. The number of pyridine rings is 1. The van der Waals surface area contributed by atoms with Gasteiger partial charge in [-0.1, -0.05) is 35.9 Å². The average molecular weight is 483 g/mol. The summed E-state index contributed by atoms with van der Waals surface area (Å²) >= 11 is 5.73. The lowest BCUT2D eigenvalue weighted by atomic mass is 10.2. The smallest absolute Gasteiger partial charge is 0.417 e. The minimum absolute atomic E-state index is 0.0399. The van der Waals surface area contributed by atoms with Gasteiger partial charge in [-0.3, -0.25) is 4.79 Å². The third kappa shape index (κ3) is 6.66. The van der Waals surface area contributed by atoms with Crippen LogP contribution in [-0.4, -0.2) is 23.5 Å². The van der Waals surface area contributed by atoms with Gasteiger partial charge in [-0.25, -0.2) is 14.2 Å². The molecule has 0 unspecified atom stereocenters. The van der Waals surface area contributed by atoms with E-state index in [-0.39, 0.29) is 23.7 Å². The van der Waals surface area contributed by atoms with Crippen molar-refractivity contribution in [1.29, 1.82) is 0 Å². The Morgan fingerprint density at radius 1 is 1.06 bits per heavy atom. The van der Waals surface area contributed by atoms with E-state index in [9.17, 15) is 27.2 Å². The standard InChI is InChI=1S/C22H15ClF4N2O4/c23-17-9-14(22(25,26)27)10-28-20(17)29-19(30)12-33-21(31)16-3-1-2-4-18(16)32-11-13-5-7-15(24)8-6-13/h1-10H,11-12H2,(H,28,29,30). The van der Waals surface area contributed by atoms with E-state index in [1.165, 1.54) is 36.4 Å². The second kappa shape index (κ2) is 10.3. The SMILES string of the molecule is O=C(COC(=O)c1ccccc1OCc1ccc(F)cc1)Nc1ncc(C(F)(F)F)cc1Cl. The molecular weight excluding hydrogens is 468 g/mol. The minimum Gasteiger partial charge on any atom is -0.488 e. The molecule has 6 nitrogen and oxygen atoms in total. The summed E-state index contributed by atoms with van der Waals surface area (Å²) < 4.78 is 61.6. The number of hydrogen-bond donors (Lipinski definition) is 1. The van der Waals surface area contributed by atoms with Gasteiger partial charge >= 0.3 is 12.1 Å². The first kappa shape index (κ1) is 24.0. The predicted molar refractivity (Wildman–Crippen MR) is 110 cm³/mol. The number of esters is 1. The number of para-hydroxylation sites is 1. The number of hydrogen-bond acceptors (Lipinski definition) is 5. The Morgan fingerprint density at radius 3 is 2.42 bits per heavy atom. The summed E-state index contributed by atoms with van der Waals surface area (Å²) in [4.78, 5) is 27.9. The van der Waals surface area contributed by atoms with E-state index in [2.05, 4.69) is 10.3 Å². The zero-order chi connectivity index (χ0) is 24.0. The van der Waals surface area contributed by atoms with Gasteiger partial charge in [0, 0.05) is 6.20 Å². The molecule has 1 amide bonds. The first-order chi connectivity index (χ1) is 15.6. The van der Waals surface area contributed by atoms with Crippen molar-refractivity contribution in [3.8, 4) is 5.75 Å². The van der Waals surface area contributed by atoms with Gasteiger partial charge in [0.05, 0.1) is 10.6 Å². The number of anilines is 1. The van der Waals surface area contributed by atoms with E-state index in [4.69, 9.17) is 21.1 Å². The van der Waals surface area contributed by atoms with Gasteiger partial charge < -0.3 is 14.8 Å². The molecule has 11 heteroatoms. The third-order valence-corrected chi connectivity index (χ3v) is 4.46. The van der Waals surface area contributed by atoms with E-state index in [1.807, 2.05) is 0 Å². The zero-order valence-corrected chi connectivity index (χ0v) is 17.4. The average Bonchev–Trinajstić information content (AvgIpc) is 2.78. The van der Waals surface area contributed by atoms with Crippen LogP contribution in [0.25, 0.3) is 0 Å². The minimum atomic E-state index is -4.64. The van der Waals surface area contributed by atoms with Crippen LogP contribution in [0.1, 0.15) is 21.5 Å². The Balaban J connectivity index is 1.58. The molecule has 0 aliphatic heterocycles. The van der Waals surface area contributed by atoms with Crippen LogP contribution in [-0.2, 0) is 22.3 Å². The highest BCUT2D eigenvalue weighted by atomic mass is 35.5. The Bertz CT molecular complexity index is 1150. The van der Waals surface area contributed by atoms with Gasteiger partial charge in [-0.2, -0.15) is 13.2 Å². The van der Waals surface area contributed by atoms with Gasteiger partial charge in [0.25, 0.3) is 5.91 Å². The zero-order valence-electron chi connectivity index (χ0n) is 16.7. The van der Waals surface area contributed by atoms with Crippen LogP contribution in [0.2, 0.25) is 5.02 Å². The fourth-order valence-corrected chi connectivity index (χ4v) is 2.78. The van der Waals surface area contributed by atoms with E-state index in [0.29, 0.717) is 17.8 Å². The maximum Gasteiger partial charge on any atom is 0.417 e. The summed E-state index contributed by atoms with van der Waals surface area (Å²) in [6, 6.07) is 12.4. The number of ether oxygens (including phenoxy) is 2. The van der Waals surface area contributed by atoms with Crippen molar-refractivity contribution >= 4 is 29.3 Å². The maximum atomic E-state index is 13.0. The summed E-state index contributed by atoms with van der Waals surface area (Å²) in [5.41, 5.74) is -0.368. The number of carbonyl (C=O) groups excluding carboxylic acids is 2. The van der Waals surface area contributed by atoms with Gasteiger partial charge in [0.1, 0.15) is 23.7 Å². The van der Waals surface area contributed by atoms with Crippen molar-refractivity contribution in [2.24, 2.45) is 0 Å². The largest absolute Gasteiger partial charge is 0.488 e. The number of rotatable bonds is 7. The Labute approximate surface area is 190 Å². The fourth-order valence-electron chi connectivity index (χ4n) is 2.56. The highest BCUT2D eigenvalue weighted by Crippen LogP contribution is 2.32. The number of carbonyl (C=O) groups is 2. The lowest BCUT2D eigenvalue weighted by Gasteiger charge is -2.12. The second-order valence-electron chi connectivity index (χ2n) is 6.59. The van der Waals surface area contributed by atoms with Crippen LogP contribution in [0.3, 0.4) is 0 Å². The van der Waals surface area contributed by atoms with Gasteiger partial charge in [0.2, 0.25) is 0 Å². The van der Waals surface area contributed by atoms with Crippen LogP contribution >= 0.6 is 11.6 Å². The molecule has 3 aromatic rings. The molecule has 0 saturated carbocycles. The number of benzene rings is 2. The molecule has 0 spiro atoms. The molecule has 172 valence electrons. The first-order valence-electron chi connectivity index (χ1n) is 9.29. The lowest BCUT2D eigenvalue weighted by Crippen LogP contribution is -2.22. The molecule has 0 aliphatic carbocycles. The number of halogens is 5. The molecule has 33 heavy (non-hydrogen) atoms. The highest BCUT2D eigenvalue weighted by Gasteiger charge is 2.31. The van der Waals surface area contributed by atoms with Gasteiger partial charge in [-0.15, -0.1) is 0 Å². The molecule has 1 N–H and O–H groups in total. The molecule has 1 aromatic heterocycles. The Hall–Kier alpha value is -3.66. The Morgan fingerprint density at radius 2 is 1.76 bits per heavy atom. The summed E-state index contributed by atoms with van der Waals surface area (Å²) in [7, 11) is 0. The van der Waals surface area contributed by atoms with E-state index >= 15 is 0 Å². The van der Waals surface area contributed by atoms with Crippen LogP contribution in [0.15, 0.2) is 60.8 Å². The van der Waals surface area contributed by atoms with Crippen molar-refractivity contribution in [2.75, 3.05) is 11.9 Å². The van der Waals surface area contributed by atoms with Crippen molar-refractivity contribution in [1.82, 2.24) is 4.98 Å². The number of aromatic nitrogens is 1. The molecular formula is C22H15ClF4N2O4. The van der Waals surface area contributed by atoms with Crippen molar-refractivity contribution < 1.29 is 36.6 Å². The van der Waals surface area contributed by atoms with E-state index in [0.717, 1.165) is 0 Å². The topological polar surface area (TPSA) is 77.5 Å². The van der Waals surface area contributed by atoms with E-state index in [1.54, 1.807) is 12.1 Å². The molecule has 0 atom stereocenters. The maximum absolute atomic E-state index is 13.0. The summed E-state index contributed by atoms with van der Waals surface area (Å²) in [6.07, 6.45) is -4.12. The molecule has 0 aliphatic rings. The quantitative estimate of drug-likeness (QED) is 0.367. The monoisotopic (exact) mass is 482 g/mol. The number of nitrogens with one attached hydrogen (secondary N) is 1. The van der Waals surface area contributed by atoms with Crippen LogP contribution in [0.5, 0.6) is 5.75 Å². The van der Waals surface area contributed by atoms with Crippen LogP contribution < -0.4 is 10.1 Å². The summed E-state index contributed by atoms with van der Waals surface area (Å²) in [5, 5.41) is 1.75. The molecule has 0 bridgehead atoms. The second-order valence-corrected chi connectivity index (χ2v) is 6.99. The van der Waals surface area contributed by atoms with Crippen LogP contribution in [0, 0.1) is 5.82 Å². The third-order valence-electron chi connectivity index (χ3n) is 4.18. The first-order valence-corrected chi connectivity index (χ1v) is 9.67. The molecule has 0 fully saturated rings. The molecule has 0 saturated heterocycles. The van der Waals surface area contributed by atoms with Gasteiger partial charge in [-0.05, 0) is 35.9 Å². The van der Waals surface area contributed by atoms with Crippen LogP contribution in [0.4, 0.5) is 23.4 Å². The van der Waals surface area contributed by atoms with Crippen molar-refractivity contribution in [2.45, 2.75) is 12.8 Å². The molecule has 0 radical (unpaired) electrons. The fraction of sp³-hybridized carbons (Fsp3) is 0.136. The van der Waals surface area contributed by atoms with Crippen molar-refractivity contribution in [3.05, 3.63) is 88.3 Å². The number of nitrogens with zero attached hydrogens (tertiary/aromatic N) is 1. The Kier molecular flexibility index (Phi) is 7.49. The lowest BCUT2D eigenvalue weighted by molar-refractivity contribution is -0.137. The van der Waals surface area contributed by atoms with Gasteiger partial charge in [0.15, 0.2) is 12.4 Å². The summed E-state index contributed by atoms with van der Waals surface area (Å²) in [6.45, 7) is -0.687. The predicted octanol–water partition coefficient (Wildman–Crippen LogP) is 5.27. The van der Waals surface area contributed by atoms with E-state index < -0.39 is 41.1 Å². The molecule has 3 rings (SSSR count). The summed E-state index contributed by atoms with van der Waals surface area (Å²) in [5.74, 6) is -2.25. The highest BCUT2D eigenvalue weighted by molar-refractivity contribution is 6.33. The normalized spacial score (nSPS) is 11.1. The number of amides is 1. The molecule has 1 heterocycles. The molecule has 2 aromatic carbocycles. The van der Waals surface area contributed by atoms with Crippen molar-refractivity contribution in [3.63, 3.8) is 0 Å².